The van der Waals surface area contributed by atoms with E-state index in [4.69, 9.17) is 34.4 Å². The van der Waals surface area contributed by atoms with Gasteiger partial charge in [0.15, 0.2) is 11.9 Å². The van der Waals surface area contributed by atoms with Crippen molar-refractivity contribution in [3.63, 3.8) is 0 Å². The van der Waals surface area contributed by atoms with Crippen LogP contribution >= 0.6 is 23.8 Å². The number of benzene rings is 1. The van der Waals surface area contributed by atoms with Crippen LogP contribution in [-0.4, -0.2) is 14.9 Å². The summed E-state index contributed by atoms with van der Waals surface area (Å²) in [5.41, 5.74) is 0. The van der Waals surface area contributed by atoms with Crippen LogP contribution in [0.25, 0.3) is 0 Å². The lowest BCUT2D eigenvalue weighted by molar-refractivity contribution is 0.213. The number of H-pyrrole nitrogens is 1. The molecule has 0 spiro atoms. The largest absolute Gasteiger partial charge is 0.483 e. The summed E-state index contributed by atoms with van der Waals surface area (Å²) in [5.74, 6) is 6.87. The number of nitrogen functional groups attached to an aromatic ring is 1. The SMILES string of the molecule is CC(Oc1cccc(Cl)c1)c1n[nH]c(=S)n1N. The van der Waals surface area contributed by atoms with Crippen molar-refractivity contribution in [1.82, 2.24) is 14.9 Å². The predicted octanol–water partition coefficient (Wildman–Crippen LogP) is 2.45. The Hall–Kier alpha value is -1.53. The molecule has 1 unspecified atom stereocenters. The topological polar surface area (TPSA) is 68.9 Å². The molecule has 7 heteroatoms. The predicted molar refractivity (Wildman–Crippen MR) is 68.1 cm³/mol. The van der Waals surface area contributed by atoms with Crippen molar-refractivity contribution in [2.45, 2.75) is 13.0 Å². The Bertz CT molecular complexity index is 580. The number of nitrogens with two attached hydrogens (primary N) is 1. The zero-order chi connectivity index (χ0) is 12.4. The monoisotopic (exact) mass is 270 g/mol. The highest BCUT2D eigenvalue weighted by atomic mass is 35.5. The highest BCUT2D eigenvalue weighted by molar-refractivity contribution is 7.71. The summed E-state index contributed by atoms with van der Waals surface area (Å²) >= 11 is 10.8. The zero-order valence-corrected chi connectivity index (χ0v) is 10.6. The first-order chi connectivity index (χ1) is 8.08. The van der Waals surface area contributed by atoms with Crippen LogP contribution < -0.4 is 10.6 Å². The van der Waals surface area contributed by atoms with Crippen LogP contribution in [0, 0.1) is 4.77 Å². The van der Waals surface area contributed by atoms with E-state index in [9.17, 15) is 0 Å². The average molecular weight is 271 g/mol. The Morgan fingerprint density at radius 2 is 2.35 bits per heavy atom. The second-order valence-electron chi connectivity index (χ2n) is 3.47. The van der Waals surface area contributed by atoms with Crippen molar-refractivity contribution in [3.8, 4) is 5.75 Å². The molecule has 1 heterocycles. The van der Waals surface area contributed by atoms with Crippen LogP contribution in [0.3, 0.4) is 0 Å². The molecule has 0 aliphatic carbocycles. The fourth-order valence-corrected chi connectivity index (χ4v) is 1.72. The molecule has 0 aliphatic rings. The molecule has 1 aromatic carbocycles. The third-order valence-electron chi connectivity index (χ3n) is 2.20. The average Bonchev–Trinajstić information content (AvgIpc) is 2.60. The minimum Gasteiger partial charge on any atom is -0.483 e. The van der Waals surface area contributed by atoms with Crippen molar-refractivity contribution >= 4 is 23.8 Å². The maximum Gasteiger partial charge on any atom is 0.214 e. The van der Waals surface area contributed by atoms with Gasteiger partial charge in [0.05, 0.1) is 0 Å². The minimum absolute atomic E-state index is 0.327. The van der Waals surface area contributed by atoms with Gasteiger partial charge in [0, 0.05) is 5.02 Å². The van der Waals surface area contributed by atoms with E-state index in [2.05, 4.69) is 10.2 Å². The normalized spacial score (nSPS) is 12.4. The number of rotatable bonds is 3. The fourth-order valence-electron chi connectivity index (χ4n) is 1.40. The lowest BCUT2D eigenvalue weighted by Crippen LogP contribution is -2.17. The first kappa shape index (κ1) is 11.9. The van der Waals surface area contributed by atoms with E-state index < -0.39 is 0 Å². The second kappa shape index (κ2) is 4.77. The van der Waals surface area contributed by atoms with Crippen LogP contribution in [-0.2, 0) is 0 Å². The van der Waals surface area contributed by atoms with E-state index in [-0.39, 0.29) is 6.10 Å². The summed E-state index contributed by atoms with van der Waals surface area (Å²) in [6.45, 7) is 1.83. The van der Waals surface area contributed by atoms with Crippen molar-refractivity contribution < 1.29 is 4.74 Å². The lowest BCUT2D eigenvalue weighted by atomic mass is 10.3. The molecule has 0 saturated heterocycles. The van der Waals surface area contributed by atoms with Gasteiger partial charge in [0.25, 0.3) is 0 Å². The summed E-state index contributed by atoms with van der Waals surface area (Å²) in [7, 11) is 0. The lowest BCUT2D eigenvalue weighted by Gasteiger charge is -2.13. The molecule has 1 aromatic heterocycles. The van der Waals surface area contributed by atoms with Gasteiger partial charge in [-0.15, -0.1) is 0 Å². The Morgan fingerprint density at radius 1 is 1.59 bits per heavy atom. The Kier molecular flexibility index (Phi) is 3.35. The number of halogens is 1. The van der Waals surface area contributed by atoms with Crippen molar-refractivity contribution in [3.05, 3.63) is 39.9 Å². The highest BCUT2D eigenvalue weighted by Crippen LogP contribution is 2.22. The summed E-state index contributed by atoms with van der Waals surface area (Å²) < 4.78 is 7.29. The maximum atomic E-state index is 5.86. The Balaban J connectivity index is 2.20. The van der Waals surface area contributed by atoms with E-state index in [1.807, 2.05) is 19.1 Å². The number of hydrogen-bond acceptors (Lipinski definition) is 4. The van der Waals surface area contributed by atoms with Crippen LogP contribution in [0.4, 0.5) is 0 Å². The van der Waals surface area contributed by atoms with Gasteiger partial charge in [-0.2, -0.15) is 5.10 Å². The van der Waals surface area contributed by atoms with E-state index in [0.717, 1.165) is 0 Å². The third-order valence-corrected chi connectivity index (χ3v) is 2.73. The molecular weight excluding hydrogens is 260 g/mol. The van der Waals surface area contributed by atoms with Gasteiger partial charge in [-0.05, 0) is 37.3 Å². The third kappa shape index (κ3) is 2.59. The molecule has 0 amide bonds. The zero-order valence-electron chi connectivity index (χ0n) is 9.05. The van der Waals surface area contributed by atoms with Crippen LogP contribution in [0.15, 0.2) is 24.3 Å². The molecule has 0 saturated carbocycles. The van der Waals surface area contributed by atoms with Gasteiger partial charge >= 0.3 is 0 Å². The molecule has 1 atom stereocenters. The molecule has 2 aromatic rings. The quantitative estimate of drug-likeness (QED) is 0.664. The van der Waals surface area contributed by atoms with E-state index in [1.54, 1.807) is 12.1 Å². The minimum atomic E-state index is -0.327. The standard InChI is InChI=1S/C10H11ClN4OS/c1-6(9-13-14-10(17)15(9)12)16-8-4-2-3-7(11)5-8/h2-6H,12H2,1H3,(H,14,17). The first-order valence-corrected chi connectivity index (χ1v) is 5.71. The molecule has 0 fully saturated rings. The number of aromatic amines is 1. The molecule has 0 bridgehead atoms. The smallest absolute Gasteiger partial charge is 0.214 e. The Morgan fingerprint density at radius 3 is 2.94 bits per heavy atom. The number of aromatic nitrogens is 3. The number of nitrogens with zero attached hydrogens (tertiary/aromatic N) is 2. The van der Waals surface area contributed by atoms with Gasteiger partial charge < -0.3 is 10.6 Å². The van der Waals surface area contributed by atoms with E-state index in [0.29, 0.717) is 21.4 Å². The van der Waals surface area contributed by atoms with Gasteiger partial charge in [0.2, 0.25) is 4.77 Å². The molecule has 0 aliphatic heterocycles. The summed E-state index contributed by atoms with van der Waals surface area (Å²) in [5, 5.41) is 7.21. The van der Waals surface area contributed by atoms with Crippen LogP contribution in [0.1, 0.15) is 18.9 Å². The molecule has 0 radical (unpaired) electrons. The number of nitrogens with one attached hydrogen (secondary N) is 1. The van der Waals surface area contributed by atoms with Gasteiger partial charge in [0.1, 0.15) is 5.75 Å². The van der Waals surface area contributed by atoms with Gasteiger partial charge in [-0.3, -0.25) is 5.10 Å². The van der Waals surface area contributed by atoms with Gasteiger partial charge in [-0.25, -0.2) is 4.68 Å². The highest BCUT2D eigenvalue weighted by Gasteiger charge is 2.14. The maximum absolute atomic E-state index is 5.86. The Labute approximate surface area is 108 Å². The fraction of sp³-hybridized carbons (Fsp3) is 0.200. The molecule has 90 valence electrons. The second-order valence-corrected chi connectivity index (χ2v) is 4.30. The van der Waals surface area contributed by atoms with E-state index >= 15 is 0 Å². The van der Waals surface area contributed by atoms with Crippen LogP contribution in [0.5, 0.6) is 5.75 Å². The van der Waals surface area contributed by atoms with Crippen LogP contribution in [0.2, 0.25) is 5.02 Å². The summed E-state index contributed by atoms with van der Waals surface area (Å²) in [6.07, 6.45) is -0.327. The van der Waals surface area contributed by atoms with Crippen molar-refractivity contribution in [1.29, 1.82) is 0 Å². The number of ether oxygens (including phenoxy) is 1. The van der Waals surface area contributed by atoms with E-state index in [1.165, 1.54) is 4.68 Å². The number of hydrogen-bond donors (Lipinski definition) is 2. The van der Waals surface area contributed by atoms with Crippen molar-refractivity contribution in [2.75, 3.05) is 5.84 Å². The molecular formula is C10H11ClN4OS. The molecule has 3 N–H and O–H groups in total. The van der Waals surface area contributed by atoms with Crippen molar-refractivity contribution in [2.24, 2.45) is 0 Å². The first-order valence-electron chi connectivity index (χ1n) is 4.92. The summed E-state index contributed by atoms with van der Waals surface area (Å²) in [4.78, 5) is 0. The molecule has 17 heavy (non-hydrogen) atoms. The molecule has 5 nitrogen and oxygen atoms in total. The van der Waals surface area contributed by atoms with Gasteiger partial charge in [-0.1, -0.05) is 17.7 Å². The molecule has 2 rings (SSSR count). The summed E-state index contributed by atoms with van der Waals surface area (Å²) in [6, 6.07) is 7.12.